The van der Waals surface area contributed by atoms with Gasteiger partial charge in [0.1, 0.15) is 11.4 Å². The van der Waals surface area contributed by atoms with E-state index in [9.17, 15) is 4.79 Å². The average molecular weight is 362 g/mol. The number of ether oxygens (including phenoxy) is 1. The molecule has 1 aromatic heterocycles. The van der Waals surface area contributed by atoms with E-state index in [1.165, 1.54) is 0 Å². The van der Waals surface area contributed by atoms with Crippen molar-refractivity contribution in [2.75, 3.05) is 6.61 Å². The van der Waals surface area contributed by atoms with Crippen LogP contribution in [-0.2, 0) is 12.1 Å². The largest absolute Gasteiger partial charge is 0.494 e. The third-order valence-electron chi connectivity index (χ3n) is 5.09. The quantitative estimate of drug-likeness (QED) is 0.750. The first-order chi connectivity index (χ1) is 13.0. The molecule has 2 heterocycles. The first-order valence-corrected chi connectivity index (χ1v) is 9.05. The highest BCUT2D eigenvalue weighted by Gasteiger charge is 2.42. The Balaban J connectivity index is 1.67. The van der Waals surface area contributed by atoms with Gasteiger partial charge in [-0.1, -0.05) is 24.3 Å². The van der Waals surface area contributed by atoms with Crippen molar-refractivity contribution in [1.29, 1.82) is 0 Å². The second-order valence-corrected chi connectivity index (χ2v) is 7.15. The zero-order valence-corrected chi connectivity index (χ0v) is 15.7. The molecule has 0 spiro atoms. The van der Waals surface area contributed by atoms with E-state index in [1.807, 2.05) is 54.3 Å². The van der Waals surface area contributed by atoms with E-state index in [0.29, 0.717) is 13.2 Å². The fourth-order valence-electron chi connectivity index (χ4n) is 3.65. The van der Waals surface area contributed by atoms with E-state index in [1.54, 1.807) is 6.20 Å². The van der Waals surface area contributed by atoms with Gasteiger partial charge in [0.2, 0.25) is 0 Å². The number of nitrogens with zero attached hydrogens (tertiary/aromatic N) is 3. The molecule has 6 nitrogen and oxygen atoms in total. The van der Waals surface area contributed by atoms with E-state index < -0.39 is 5.54 Å². The number of carbonyl (C=O) groups is 1. The van der Waals surface area contributed by atoms with Crippen molar-refractivity contribution in [3.8, 4) is 17.0 Å². The van der Waals surface area contributed by atoms with E-state index in [0.717, 1.165) is 33.7 Å². The number of carbonyl (C=O) groups excluding carboxylic acids is 1. The normalized spacial score (nSPS) is 15.1. The Hall–Kier alpha value is -3.15. The molecule has 4 rings (SSSR count). The summed E-state index contributed by atoms with van der Waals surface area (Å²) in [5.74, 6) is 0.854. The first kappa shape index (κ1) is 17.3. The molecule has 138 valence electrons. The van der Waals surface area contributed by atoms with Gasteiger partial charge in [0.15, 0.2) is 0 Å². The van der Waals surface area contributed by atoms with Crippen molar-refractivity contribution in [2.24, 2.45) is 0 Å². The molecule has 3 aromatic rings. The molecular formula is C21H22N4O2. The molecule has 0 radical (unpaired) electrons. The summed E-state index contributed by atoms with van der Waals surface area (Å²) in [4.78, 5) is 15.1. The van der Waals surface area contributed by atoms with Crippen molar-refractivity contribution in [3.05, 3.63) is 65.4 Å². The summed E-state index contributed by atoms with van der Waals surface area (Å²) in [6, 6.07) is 13.8. The molecule has 0 fully saturated rings. The van der Waals surface area contributed by atoms with Crippen LogP contribution in [0, 0.1) is 0 Å². The summed E-state index contributed by atoms with van der Waals surface area (Å²) in [7, 11) is 0. The third kappa shape index (κ3) is 2.97. The molecule has 27 heavy (non-hydrogen) atoms. The Morgan fingerprint density at radius 2 is 2.04 bits per heavy atom. The van der Waals surface area contributed by atoms with Crippen molar-refractivity contribution in [3.63, 3.8) is 0 Å². The second-order valence-electron chi connectivity index (χ2n) is 7.15. The molecular weight excluding hydrogens is 340 g/mol. The summed E-state index contributed by atoms with van der Waals surface area (Å²) in [6.45, 7) is 7.27. The van der Waals surface area contributed by atoms with Gasteiger partial charge in [-0.25, -0.2) is 0 Å². The molecule has 0 saturated heterocycles. The fraction of sp³-hybridized carbons (Fsp3) is 0.286. The molecule has 6 heteroatoms. The van der Waals surface area contributed by atoms with E-state index in [4.69, 9.17) is 4.74 Å². The van der Waals surface area contributed by atoms with Gasteiger partial charge < -0.3 is 9.64 Å². The standard InChI is InChI=1S/C21H22N4O2/c1-4-27-16-7-5-6-14(10-16)13-25-20(26)17-11-15(19-12-22-24-23-19)8-9-18(17)21(25,2)3/h5-12H,4,13H2,1-3H3,(H,22,23,24). The SMILES string of the molecule is CCOc1cccc(CN2C(=O)c3cc(-c4cn[nH]n4)ccc3C2(C)C)c1. The second kappa shape index (κ2) is 6.54. The molecule has 0 aliphatic carbocycles. The number of fused-ring (bicyclic) bond motifs is 1. The van der Waals surface area contributed by atoms with Gasteiger partial charge in [0, 0.05) is 17.7 Å². The molecule has 1 aliphatic rings. The predicted molar refractivity (Wildman–Crippen MR) is 102 cm³/mol. The maximum atomic E-state index is 13.2. The lowest BCUT2D eigenvalue weighted by Crippen LogP contribution is -2.38. The number of amides is 1. The lowest BCUT2D eigenvalue weighted by molar-refractivity contribution is 0.0595. The lowest BCUT2D eigenvalue weighted by atomic mass is 9.92. The van der Waals surface area contributed by atoms with Crippen LogP contribution in [0.15, 0.2) is 48.7 Å². The zero-order chi connectivity index (χ0) is 19.0. The highest BCUT2D eigenvalue weighted by atomic mass is 16.5. The number of aromatic amines is 1. The molecule has 1 amide bonds. The van der Waals surface area contributed by atoms with E-state index >= 15 is 0 Å². The third-order valence-corrected chi connectivity index (χ3v) is 5.09. The van der Waals surface area contributed by atoms with Crippen molar-refractivity contribution in [2.45, 2.75) is 32.9 Å². The van der Waals surface area contributed by atoms with Crippen molar-refractivity contribution in [1.82, 2.24) is 20.3 Å². The Kier molecular flexibility index (Phi) is 4.18. The average Bonchev–Trinajstić information content (AvgIpc) is 3.25. The smallest absolute Gasteiger partial charge is 0.255 e. The summed E-state index contributed by atoms with van der Waals surface area (Å²) in [6.07, 6.45) is 1.66. The highest BCUT2D eigenvalue weighted by molar-refractivity contribution is 6.01. The van der Waals surface area contributed by atoms with Gasteiger partial charge in [0.05, 0.1) is 18.3 Å². The van der Waals surface area contributed by atoms with Crippen LogP contribution in [0.5, 0.6) is 5.75 Å². The van der Waals surface area contributed by atoms with Crippen LogP contribution in [0.2, 0.25) is 0 Å². The number of hydrogen-bond donors (Lipinski definition) is 1. The Bertz CT molecular complexity index is 980. The Labute approximate surface area is 158 Å². The van der Waals surface area contributed by atoms with Crippen LogP contribution in [0.4, 0.5) is 0 Å². The van der Waals surface area contributed by atoms with Crippen LogP contribution in [0.25, 0.3) is 11.3 Å². The van der Waals surface area contributed by atoms with E-state index in [-0.39, 0.29) is 5.91 Å². The summed E-state index contributed by atoms with van der Waals surface area (Å²) in [5, 5.41) is 10.6. The Morgan fingerprint density at radius 1 is 1.19 bits per heavy atom. The summed E-state index contributed by atoms with van der Waals surface area (Å²) >= 11 is 0. The fourth-order valence-corrected chi connectivity index (χ4v) is 3.65. The van der Waals surface area contributed by atoms with Gasteiger partial charge in [-0.05, 0) is 50.1 Å². The minimum absolute atomic E-state index is 0.0298. The molecule has 0 unspecified atom stereocenters. The molecule has 0 atom stereocenters. The number of rotatable bonds is 5. The van der Waals surface area contributed by atoms with Crippen LogP contribution in [-0.4, -0.2) is 32.8 Å². The number of hydrogen-bond acceptors (Lipinski definition) is 4. The maximum Gasteiger partial charge on any atom is 0.255 e. The van der Waals surface area contributed by atoms with Crippen LogP contribution >= 0.6 is 0 Å². The summed E-state index contributed by atoms with van der Waals surface area (Å²) in [5.41, 5.74) is 4.02. The monoisotopic (exact) mass is 362 g/mol. The van der Waals surface area contributed by atoms with Crippen LogP contribution in [0.1, 0.15) is 42.3 Å². The number of H-pyrrole nitrogens is 1. The number of nitrogens with one attached hydrogen (secondary N) is 1. The first-order valence-electron chi connectivity index (χ1n) is 9.05. The predicted octanol–water partition coefficient (Wildman–Crippen LogP) is 3.76. The lowest BCUT2D eigenvalue weighted by Gasteiger charge is -2.32. The number of aromatic nitrogens is 3. The molecule has 1 aliphatic heterocycles. The van der Waals surface area contributed by atoms with Crippen LogP contribution in [0.3, 0.4) is 0 Å². The van der Waals surface area contributed by atoms with Gasteiger partial charge in [-0.3, -0.25) is 4.79 Å². The summed E-state index contributed by atoms with van der Waals surface area (Å²) < 4.78 is 5.59. The maximum absolute atomic E-state index is 13.2. The van der Waals surface area contributed by atoms with Gasteiger partial charge in [0.25, 0.3) is 5.91 Å². The minimum atomic E-state index is -0.392. The van der Waals surface area contributed by atoms with Crippen LogP contribution < -0.4 is 4.74 Å². The highest BCUT2D eigenvalue weighted by Crippen LogP contribution is 2.41. The molecule has 0 bridgehead atoms. The van der Waals surface area contributed by atoms with Gasteiger partial charge in [-0.2, -0.15) is 15.4 Å². The van der Waals surface area contributed by atoms with Gasteiger partial charge >= 0.3 is 0 Å². The topological polar surface area (TPSA) is 71.1 Å². The molecule has 0 saturated carbocycles. The van der Waals surface area contributed by atoms with Gasteiger partial charge in [-0.15, -0.1) is 0 Å². The number of benzene rings is 2. The molecule has 2 aromatic carbocycles. The Morgan fingerprint density at radius 3 is 2.78 bits per heavy atom. The van der Waals surface area contributed by atoms with E-state index in [2.05, 4.69) is 29.3 Å². The molecule has 1 N–H and O–H groups in total. The minimum Gasteiger partial charge on any atom is -0.494 e. The van der Waals surface area contributed by atoms with Crippen molar-refractivity contribution < 1.29 is 9.53 Å². The van der Waals surface area contributed by atoms with Crippen molar-refractivity contribution >= 4 is 5.91 Å². The zero-order valence-electron chi connectivity index (χ0n) is 15.7.